The fourth-order valence-electron chi connectivity index (χ4n) is 0.700. The molecule has 1 atom stereocenters. The lowest BCUT2D eigenvalue weighted by Gasteiger charge is -1.90. The van der Waals surface area contributed by atoms with Crippen LogP contribution in [0.4, 0.5) is 0 Å². The molecule has 1 heterocycles. The number of benzene rings is 1. The van der Waals surface area contributed by atoms with Crippen LogP contribution in [0.1, 0.15) is 10.4 Å². The lowest BCUT2D eigenvalue weighted by atomic mass is 10.2. The Morgan fingerprint density at radius 1 is 1.29 bits per heavy atom. The molecule has 1 fully saturated rings. The number of nitrogens with one attached hydrogen (secondary N) is 1. The molecule has 1 aromatic rings. The number of rotatable bonds is 1. The molecule has 14 heavy (non-hydrogen) atoms. The lowest BCUT2D eigenvalue weighted by molar-refractivity contribution is 0.112. The smallest absolute Gasteiger partial charge is 0.219 e. The molecule has 1 aliphatic rings. The second-order valence-corrected chi connectivity index (χ2v) is 2.84. The first-order valence-corrected chi connectivity index (χ1v) is 3.97. The Balaban J connectivity index is 0.000000146. The highest BCUT2D eigenvalue weighted by Crippen LogP contribution is 2.00. The SMILES string of the molecule is NN1NC1(N)N.O=Cc1ccccc1. The summed E-state index contributed by atoms with van der Waals surface area (Å²) < 4.78 is 0. The minimum atomic E-state index is -0.931. The summed E-state index contributed by atoms with van der Waals surface area (Å²) in [5.41, 5.74) is 13.3. The van der Waals surface area contributed by atoms with E-state index in [9.17, 15) is 4.79 Å². The zero-order valence-corrected chi connectivity index (χ0v) is 7.55. The second-order valence-electron chi connectivity index (χ2n) is 2.84. The van der Waals surface area contributed by atoms with Gasteiger partial charge in [-0.2, -0.15) is 5.43 Å². The number of hydrazine groups is 2. The van der Waals surface area contributed by atoms with Gasteiger partial charge in [-0.25, -0.2) is 0 Å². The van der Waals surface area contributed by atoms with Crippen LogP contribution in [-0.4, -0.2) is 17.3 Å². The van der Waals surface area contributed by atoms with E-state index < -0.39 is 5.91 Å². The first-order valence-electron chi connectivity index (χ1n) is 3.97. The fourth-order valence-corrected chi connectivity index (χ4v) is 0.700. The van der Waals surface area contributed by atoms with Gasteiger partial charge >= 0.3 is 0 Å². The predicted molar refractivity (Wildman–Crippen MR) is 52.1 cm³/mol. The van der Waals surface area contributed by atoms with Crippen molar-refractivity contribution in [1.29, 1.82) is 0 Å². The van der Waals surface area contributed by atoms with Crippen molar-refractivity contribution >= 4 is 6.29 Å². The van der Waals surface area contributed by atoms with E-state index in [-0.39, 0.29) is 0 Å². The van der Waals surface area contributed by atoms with Gasteiger partial charge < -0.3 is 0 Å². The van der Waals surface area contributed by atoms with Gasteiger partial charge in [-0.3, -0.25) is 22.1 Å². The Kier molecular flexibility index (Phi) is 3.28. The number of carbonyl (C=O) groups is 1. The zero-order chi connectivity index (χ0) is 10.6. The average Bonchev–Trinajstić information content (AvgIpc) is 2.74. The van der Waals surface area contributed by atoms with E-state index in [1.165, 1.54) is 0 Å². The summed E-state index contributed by atoms with van der Waals surface area (Å²) in [6.07, 6.45) is 0.833. The fraction of sp³-hybridized carbons (Fsp3) is 0.125. The molecule has 0 bridgehead atoms. The Morgan fingerprint density at radius 2 is 1.71 bits per heavy atom. The number of aldehydes is 1. The zero-order valence-electron chi connectivity index (χ0n) is 7.55. The highest BCUT2D eigenvalue weighted by molar-refractivity contribution is 5.74. The number of nitrogens with zero attached hydrogens (tertiary/aromatic N) is 1. The van der Waals surface area contributed by atoms with Gasteiger partial charge in [0, 0.05) is 5.56 Å². The summed E-state index contributed by atoms with van der Waals surface area (Å²) in [5, 5.41) is 1.12. The molecule has 0 radical (unpaired) electrons. The van der Waals surface area contributed by atoms with Crippen LogP contribution in [0.2, 0.25) is 0 Å². The molecule has 0 saturated carbocycles. The average molecular weight is 195 g/mol. The maximum Gasteiger partial charge on any atom is 0.219 e. The third-order valence-electron chi connectivity index (χ3n) is 1.58. The first kappa shape index (κ1) is 10.8. The van der Waals surface area contributed by atoms with E-state index >= 15 is 0 Å². The van der Waals surface area contributed by atoms with Gasteiger partial charge in [-0.05, 0) is 0 Å². The maximum absolute atomic E-state index is 10.0. The summed E-state index contributed by atoms with van der Waals surface area (Å²) in [4.78, 5) is 10.0. The Morgan fingerprint density at radius 3 is 1.93 bits per heavy atom. The quantitative estimate of drug-likeness (QED) is 0.191. The minimum Gasteiger partial charge on any atom is -0.298 e. The van der Waals surface area contributed by atoms with Crippen LogP contribution in [-0.2, 0) is 0 Å². The van der Waals surface area contributed by atoms with Crippen LogP contribution in [0.5, 0.6) is 0 Å². The molecule has 0 aromatic heterocycles. The summed E-state index contributed by atoms with van der Waals surface area (Å²) in [5.74, 6) is 4.04. The molecule has 1 aliphatic heterocycles. The third-order valence-corrected chi connectivity index (χ3v) is 1.58. The molecule has 6 heteroatoms. The Hall–Kier alpha value is -1.31. The predicted octanol–water partition coefficient (Wildman–Crippen LogP) is -1.29. The summed E-state index contributed by atoms with van der Waals surface area (Å²) in [6.45, 7) is 0. The standard InChI is InChI=1S/C7H6O.CH7N5/c8-6-7-4-2-1-3-5-7;2-1(3)5-6(1)4/h1-6H;5H,2-4H2. The molecule has 0 amide bonds. The van der Waals surface area contributed by atoms with Crippen molar-refractivity contribution in [2.45, 2.75) is 5.91 Å². The van der Waals surface area contributed by atoms with Crippen LogP contribution >= 0.6 is 0 Å². The van der Waals surface area contributed by atoms with Gasteiger partial charge in [0.1, 0.15) is 6.29 Å². The Bertz CT molecular complexity index is 300. The van der Waals surface area contributed by atoms with Crippen molar-refractivity contribution in [3.63, 3.8) is 0 Å². The molecule has 7 N–H and O–H groups in total. The molecule has 0 spiro atoms. The molecule has 0 aliphatic carbocycles. The Labute approximate surface area is 81.6 Å². The van der Waals surface area contributed by atoms with Crippen LogP contribution in [0, 0.1) is 0 Å². The minimum absolute atomic E-state index is 0.729. The van der Waals surface area contributed by atoms with Crippen LogP contribution < -0.4 is 22.7 Å². The molecule has 1 unspecified atom stereocenters. The number of nitrogens with two attached hydrogens (primary N) is 3. The molecule has 76 valence electrons. The van der Waals surface area contributed by atoms with E-state index in [1.54, 1.807) is 12.1 Å². The van der Waals surface area contributed by atoms with Gasteiger partial charge in [-0.1, -0.05) is 30.3 Å². The monoisotopic (exact) mass is 195 g/mol. The van der Waals surface area contributed by atoms with Gasteiger partial charge in [0.15, 0.2) is 0 Å². The van der Waals surface area contributed by atoms with E-state index in [1.807, 2.05) is 18.2 Å². The van der Waals surface area contributed by atoms with Crippen molar-refractivity contribution < 1.29 is 4.79 Å². The van der Waals surface area contributed by atoms with Crippen LogP contribution in [0.15, 0.2) is 30.3 Å². The topological polar surface area (TPSA) is 120 Å². The van der Waals surface area contributed by atoms with Gasteiger partial charge in [0.25, 0.3) is 0 Å². The van der Waals surface area contributed by atoms with Crippen molar-refractivity contribution in [3.05, 3.63) is 35.9 Å². The van der Waals surface area contributed by atoms with Gasteiger partial charge in [0.05, 0.1) is 0 Å². The lowest BCUT2D eigenvalue weighted by Crippen LogP contribution is -2.42. The van der Waals surface area contributed by atoms with E-state index in [0.29, 0.717) is 0 Å². The normalized spacial score (nSPS) is 21.8. The van der Waals surface area contributed by atoms with Crippen molar-refractivity contribution in [3.8, 4) is 0 Å². The first-order chi connectivity index (χ1) is 6.56. The highest BCUT2D eigenvalue weighted by Gasteiger charge is 2.42. The largest absolute Gasteiger partial charge is 0.298 e. The second kappa shape index (κ2) is 4.27. The number of hydrogen-bond donors (Lipinski definition) is 4. The van der Waals surface area contributed by atoms with Gasteiger partial charge in [-0.15, -0.1) is 5.12 Å². The van der Waals surface area contributed by atoms with Crippen LogP contribution in [0.25, 0.3) is 0 Å². The summed E-state index contributed by atoms with van der Waals surface area (Å²) in [7, 11) is 0. The maximum atomic E-state index is 10.0. The molecule has 1 saturated heterocycles. The van der Waals surface area contributed by atoms with E-state index in [4.69, 9.17) is 17.3 Å². The molecule has 2 rings (SSSR count). The van der Waals surface area contributed by atoms with Crippen molar-refractivity contribution in [2.75, 3.05) is 0 Å². The van der Waals surface area contributed by atoms with Crippen molar-refractivity contribution in [2.24, 2.45) is 17.3 Å². The highest BCUT2D eigenvalue weighted by atomic mass is 16.1. The van der Waals surface area contributed by atoms with Crippen molar-refractivity contribution in [1.82, 2.24) is 10.5 Å². The number of carbonyl (C=O) groups excluding carboxylic acids is 1. The molecular formula is C8H13N5O. The third kappa shape index (κ3) is 3.21. The van der Waals surface area contributed by atoms with Crippen LogP contribution in [0.3, 0.4) is 0 Å². The molecular weight excluding hydrogens is 182 g/mol. The number of hydrogen-bond acceptors (Lipinski definition) is 6. The molecule has 1 aromatic carbocycles. The summed E-state index contributed by atoms with van der Waals surface area (Å²) in [6, 6.07) is 9.10. The summed E-state index contributed by atoms with van der Waals surface area (Å²) >= 11 is 0. The van der Waals surface area contributed by atoms with E-state index in [0.717, 1.165) is 17.0 Å². The molecule has 6 nitrogen and oxygen atoms in total. The van der Waals surface area contributed by atoms with E-state index in [2.05, 4.69) is 5.43 Å². The van der Waals surface area contributed by atoms with Gasteiger partial charge in [0.2, 0.25) is 5.91 Å².